The summed E-state index contributed by atoms with van der Waals surface area (Å²) in [4.78, 5) is 8.53. The summed E-state index contributed by atoms with van der Waals surface area (Å²) >= 11 is 0. The van der Waals surface area contributed by atoms with Gasteiger partial charge in [-0.25, -0.2) is 9.97 Å². The highest BCUT2D eigenvalue weighted by Gasteiger charge is 2.09. The van der Waals surface area contributed by atoms with Crippen molar-refractivity contribution in [3.8, 4) is 0 Å². The van der Waals surface area contributed by atoms with Crippen molar-refractivity contribution in [1.29, 1.82) is 0 Å². The largest absolute Gasteiger partial charge is 0.370 e. The second kappa shape index (κ2) is 6.17. The van der Waals surface area contributed by atoms with Gasteiger partial charge in [0.25, 0.3) is 0 Å². The van der Waals surface area contributed by atoms with E-state index in [2.05, 4.69) is 39.5 Å². The molecule has 6 heteroatoms. The fraction of sp³-hybridized carbons (Fsp3) is 0.462. The maximum atomic E-state index is 4.30. The van der Waals surface area contributed by atoms with Crippen LogP contribution in [0.4, 0.5) is 11.6 Å². The van der Waals surface area contributed by atoms with Crippen molar-refractivity contribution in [2.45, 2.75) is 33.4 Å². The quantitative estimate of drug-likeness (QED) is 0.830. The van der Waals surface area contributed by atoms with Crippen LogP contribution in [0.25, 0.3) is 0 Å². The van der Waals surface area contributed by atoms with Crippen LogP contribution >= 0.6 is 0 Å². The van der Waals surface area contributed by atoms with Gasteiger partial charge in [-0.1, -0.05) is 0 Å². The Hall–Kier alpha value is -2.11. The first-order chi connectivity index (χ1) is 9.20. The minimum Gasteiger partial charge on any atom is -0.370 e. The first-order valence-electron chi connectivity index (χ1n) is 6.50. The summed E-state index contributed by atoms with van der Waals surface area (Å²) in [6, 6.07) is 2.16. The van der Waals surface area contributed by atoms with E-state index in [1.54, 1.807) is 12.5 Å². The van der Waals surface area contributed by atoms with Gasteiger partial charge in [-0.3, -0.25) is 4.68 Å². The fourth-order valence-electron chi connectivity index (χ4n) is 1.91. The van der Waals surface area contributed by atoms with E-state index in [0.29, 0.717) is 0 Å². The number of anilines is 2. The lowest BCUT2D eigenvalue weighted by molar-refractivity contribution is 0.559. The van der Waals surface area contributed by atoms with Gasteiger partial charge in [0.05, 0.1) is 6.54 Å². The van der Waals surface area contributed by atoms with Crippen molar-refractivity contribution < 1.29 is 0 Å². The van der Waals surface area contributed by atoms with Crippen molar-refractivity contribution in [3.63, 3.8) is 0 Å². The molecule has 0 aromatic carbocycles. The van der Waals surface area contributed by atoms with Gasteiger partial charge in [0.15, 0.2) is 0 Å². The van der Waals surface area contributed by atoms with Crippen LogP contribution in [-0.2, 0) is 6.54 Å². The van der Waals surface area contributed by atoms with Gasteiger partial charge in [0.2, 0.25) is 0 Å². The molecule has 19 heavy (non-hydrogen) atoms. The summed E-state index contributed by atoms with van der Waals surface area (Å²) in [6.07, 6.45) is 5.31. The van der Waals surface area contributed by atoms with Crippen LogP contribution < -0.4 is 10.6 Å². The lowest BCUT2D eigenvalue weighted by atomic mass is 10.2. The molecule has 6 nitrogen and oxygen atoms in total. The minimum atomic E-state index is 0.239. The van der Waals surface area contributed by atoms with E-state index in [9.17, 15) is 0 Å². The number of rotatable bonds is 6. The van der Waals surface area contributed by atoms with E-state index in [1.807, 2.05) is 23.9 Å². The van der Waals surface area contributed by atoms with Crippen molar-refractivity contribution in [2.24, 2.45) is 0 Å². The lowest BCUT2D eigenvalue weighted by Crippen LogP contribution is -2.23. The second-order valence-electron chi connectivity index (χ2n) is 4.50. The highest BCUT2D eigenvalue weighted by molar-refractivity contribution is 5.56. The Labute approximate surface area is 113 Å². The van der Waals surface area contributed by atoms with Gasteiger partial charge in [-0.15, -0.1) is 0 Å². The summed E-state index contributed by atoms with van der Waals surface area (Å²) in [6.45, 7) is 7.82. The van der Waals surface area contributed by atoms with Gasteiger partial charge in [0, 0.05) is 30.5 Å². The molecule has 0 aliphatic rings. The predicted molar refractivity (Wildman–Crippen MR) is 76.2 cm³/mol. The number of nitrogens with one attached hydrogen (secondary N) is 2. The van der Waals surface area contributed by atoms with Crippen molar-refractivity contribution >= 4 is 11.6 Å². The maximum Gasteiger partial charge on any atom is 0.134 e. The molecule has 2 rings (SSSR count). The van der Waals surface area contributed by atoms with Crippen LogP contribution in [0.3, 0.4) is 0 Å². The van der Waals surface area contributed by atoms with Crippen molar-refractivity contribution in [1.82, 2.24) is 19.7 Å². The summed E-state index contributed by atoms with van der Waals surface area (Å²) in [5.41, 5.74) is 1.04. The van der Waals surface area contributed by atoms with E-state index in [1.165, 1.54) is 0 Å². The van der Waals surface area contributed by atoms with Gasteiger partial charge >= 0.3 is 0 Å². The highest BCUT2D eigenvalue weighted by Crippen LogP contribution is 2.18. The Bertz CT molecular complexity index is 508. The highest BCUT2D eigenvalue weighted by atomic mass is 15.3. The van der Waals surface area contributed by atoms with E-state index in [0.717, 1.165) is 30.3 Å². The molecule has 0 amide bonds. The number of nitrogens with zero attached hydrogens (tertiary/aromatic N) is 4. The molecule has 0 aliphatic carbocycles. The Balaban J connectivity index is 2.04. The van der Waals surface area contributed by atoms with Crippen LogP contribution in [0, 0.1) is 6.92 Å². The van der Waals surface area contributed by atoms with Crippen molar-refractivity contribution in [3.05, 3.63) is 30.4 Å². The molecule has 0 radical (unpaired) electrons. The Morgan fingerprint density at radius 3 is 2.79 bits per heavy atom. The normalized spacial score (nSPS) is 12.2. The first kappa shape index (κ1) is 13.3. The lowest BCUT2D eigenvalue weighted by Gasteiger charge is -2.17. The van der Waals surface area contributed by atoms with Crippen LogP contribution in [-0.4, -0.2) is 32.3 Å². The van der Waals surface area contributed by atoms with E-state index in [4.69, 9.17) is 0 Å². The van der Waals surface area contributed by atoms with Gasteiger partial charge < -0.3 is 10.6 Å². The summed E-state index contributed by atoms with van der Waals surface area (Å²) in [5, 5.41) is 10.8. The molecule has 0 bridgehead atoms. The molecule has 0 spiro atoms. The molecule has 2 N–H and O–H groups in total. The summed E-state index contributed by atoms with van der Waals surface area (Å²) in [7, 11) is 0. The maximum absolute atomic E-state index is 4.30. The predicted octanol–water partition coefficient (Wildman–Crippen LogP) is 1.91. The van der Waals surface area contributed by atoms with Crippen LogP contribution in [0.5, 0.6) is 0 Å². The number of hydrogen-bond donors (Lipinski definition) is 2. The molecule has 2 aromatic rings. The fourth-order valence-corrected chi connectivity index (χ4v) is 1.91. The Morgan fingerprint density at radius 2 is 2.11 bits per heavy atom. The molecular formula is C13H20N6. The zero-order valence-corrected chi connectivity index (χ0v) is 11.6. The summed E-state index contributed by atoms with van der Waals surface area (Å²) < 4.78 is 1.90. The zero-order valence-electron chi connectivity index (χ0n) is 11.6. The van der Waals surface area contributed by atoms with Crippen LogP contribution in [0.15, 0.2) is 24.8 Å². The molecule has 102 valence electrons. The molecule has 0 saturated carbocycles. The van der Waals surface area contributed by atoms with E-state index >= 15 is 0 Å². The number of aromatic nitrogens is 4. The minimum absolute atomic E-state index is 0.239. The standard InChI is InChI=1S/C13H20N6/c1-4-14-12-11(3)13(16-9-15-12)18-10(2)8-19-7-5-6-17-19/h5-7,9-10H,4,8H2,1-3H3,(H2,14,15,16,18). The monoisotopic (exact) mass is 260 g/mol. The first-order valence-corrected chi connectivity index (χ1v) is 6.50. The van der Waals surface area contributed by atoms with E-state index in [-0.39, 0.29) is 6.04 Å². The average molecular weight is 260 g/mol. The smallest absolute Gasteiger partial charge is 0.134 e. The molecule has 0 aliphatic heterocycles. The molecule has 1 atom stereocenters. The van der Waals surface area contributed by atoms with E-state index < -0.39 is 0 Å². The Morgan fingerprint density at radius 1 is 1.32 bits per heavy atom. The van der Waals surface area contributed by atoms with Crippen LogP contribution in [0.1, 0.15) is 19.4 Å². The molecular weight excluding hydrogens is 240 g/mol. The molecule has 1 unspecified atom stereocenters. The van der Waals surface area contributed by atoms with Gasteiger partial charge in [0.1, 0.15) is 18.0 Å². The third-order valence-electron chi connectivity index (χ3n) is 2.83. The summed E-state index contributed by atoms with van der Waals surface area (Å²) in [5.74, 6) is 1.75. The Kier molecular flexibility index (Phi) is 4.33. The SMILES string of the molecule is CCNc1ncnc(NC(C)Cn2cccn2)c1C. The molecule has 2 heterocycles. The van der Waals surface area contributed by atoms with Crippen LogP contribution in [0.2, 0.25) is 0 Å². The molecule has 2 aromatic heterocycles. The zero-order chi connectivity index (χ0) is 13.7. The van der Waals surface area contributed by atoms with Crippen molar-refractivity contribution in [2.75, 3.05) is 17.2 Å². The second-order valence-corrected chi connectivity index (χ2v) is 4.50. The van der Waals surface area contributed by atoms with Gasteiger partial charge in [-0.2, -0.15) is 5.10 Å². The average Bonchev–Trinajstić information content (AvgIpc) is 2.87. The number of hydrogen-bond acceptors (Lipinski definition) is 5. The molecule has 0 saturated heterocycles. The topological polar surface area (TPSA) is 67.7 Å². The third kappa shape index (κ3) is 3.43. The third-order valence-corrected chi connectivity index (χ3v) is 2.83. The van der Waals surface area contributed by atoms with Gasteiger partial charge in [-0.05, 0) is 26.8 Å². The molecule has 0 fully saturated rings.